The summed E-state index contributed by atoms with van der Waals surface area (Å²) in [6.45, 7) is 0. The lowest BCUT2D eigenvalue weighted by molar-refractivity contribution is 0.0597. The summed E-state index contributed by atoms with van der Waals surface area (Å²) in [7, 11) is 1.27. The first-order chi connectivity index (χ1) is 11.2. The van der Waals surface area contributed by atoms with E-state index in [2.05, 4.69) is 9.97 Å². The number of benzene rings is 1. The Balaban J connectivity index is 1.94. The van der Waals surface area contributed by atoms with Gasteiger partial charge in [-0.25, -0.2) is 9.78 Å². The number of hydrogen-bond acceptors (Lipinski definition) is 5. The number of nitrogens with zero attached hydrogens (tertiary/aromatic N) is 3. The molecule has 0 spiro atoms. The highest BCUT2D eigenvalue weighted by Gasteiger charge is 2.19. The number of imidazole rings is 1. The zero-order valence-electron chi connectivity index (χ0n) is 12.3. The smallest absolute Gasteiger partial charge is 0.338 e. The van der Waals surface area contributed by atoms with Gasteiger partial charge in [-0.1, -0.05) is 0 Å². The summed E-state index contributed by atoms with van der Waals surface area (Å²) in [6.07, 6.45) is 7.99. The summed E-state index contributed by atoms with van der Waals surface area (Å²) in [5.41, 5.74) is 1.77. The lowest BCUT2D eigenvalue weighted by Gasteiger charge is -2.07. The van der Waals surface area contributed by atoms with Crippen LogP contribution in [0.5, 0.6) is 0 Å². The van der Waals surface area contributed by atoms with Gasteiger partial charge in [-0.15, -0.1) is 0 Å². The van der Waals surface area contributed by atoms with Gasteiger partial charge < -0.3 is 9.30 Å². The van der Waals surface area contributed by atoms with E-state index in [4.69, 9.17) is 4.74 Å². The van der Waals surface area contributed by atoms with E-state index in [0.29, 0.717) is 5.56 Å². The molecule has 6 nitrogen and oxygen atoms in total. The predicted octanol–water partition coefficient (Wildman–Crippen LogP) is 2.28. The zero-order valence-corrected chi connectivity index (χ0v) is 12.3. The molecule has 114 valence electrons. The zero-order chi connectivity index (χ0) is 16.2. The van der Waals surface area contributed by atoms with E-state index < -0.39 is 5.97 Å². The lowest BCUT2D eigenvalue weighted by atomic mass is 10.0. The summed E-state index contributed by atoms with van der Waals surface area (Å²) in [6, 6.07) is 8.49. The van der Waals surface area contributed by atoms with Crippen molar-refractivity contribution in [2.75, 3.05) is 7.11 Å². The SMILES string of the molecule is COC(=O)c1ccncc1C(=O)c1ccc(-n2ccnc2)cc1. The number of ketones is 1. The summed E-state index contributed by atoms with van der Waals surface area (Å²) in [5.74, 6) is -0.846. The molecule has 0 radical (unpaired) electrons. The number of hydrogen-bond donors (Lipinski definition) is 0. The molecule has 3 rings (SSSR count). The standard InChI is InChI=1S/C17H13N3O3/c1-23-17(22)14-6-7-18-10-15(14)16(21)12-2-4-13(5-3-12)20-9-8-19-11-20/h2-11H,1H3. The first kappa shape index (κ1) is 14.6. The molecule has 0 aliphatic carbocycles. The molecule has 2 aromatic heterocycles. The first-order valence-electron chi connectivity index (χ1n) is 6.86. The van der Waals surface area contributed by atoms with Gasteiger partial charge in [-0.3, -0.25) is 9.78 Å². The highest BCUT2D eigenvalue weighted by molar-refractivity contribution is 6.14. The molecule has 0 bridgehead atoms. The van der Waals surface area contributed by atoms with E-state index in [9.17, 15) is 9.59 Å². The monoisotopic (exact) mass is 307 g/mol. The van der Waals surface area contributed by atoms with Crippen molar-refractivity contribution in [2.24, 2.45) is 0 Å². The lowest BCUT2D eigenvalue weighted by Crippen LogP contribution is -2.12. The van der Waals surface area contributed by atoms with Crippen molar-refractivity contribution < 1.29 is 14.3 Å². The Bertz CT molecular complexity index is 840. The van der Waals surface area contributed by atoms with Gasteiger partial charge in [0.2, 0.25) is 0 Å². The second-order valence-electron chi connectivity index (χ2n) is 4.76. The fourth-order valence-corrected chi connectivity index (χ4v) is 2.22. The number of rotatable bonds is 4. The third-order valence-electron chi connectivity index (χ3n) is 3.40. The molecule has 0 aliphatic rings. The highest BCUT2D eigenvalue weighted by Crippen LogP contribution is 2.16. The molecule has 6 heteroatoms. The van der Waals surface area contributed by atoms with Crippen LogP contribution in [0.25, 0.3) is 5.69 Å². The number of ether oxygens (including phenoxy) is 1. The summed E-state index contributed by atoms with van der Waals surface area (Å²) in [5, 5.41) is 0. The third kappa shape index (κ3) is 2.87. The van der Waals surface area contributed by atoms with Gasteiger partial charge in [-0.05, 0) is 30.3 Å². The van der Waals surface area contributed by atoms with Crippen molar-refractivity contribution in [2.45, 2.75) is 0 Å². The van der Waals surface area contributed by atoms with Gasteiger partial charge in [-0.2, -0.15) is 0 Å². The quantitative estimate of drug-likeness (QED) is 0.546. The van der Waals surface area contributed by atoms with Crippen LogP contribution in [-0.4, -0.2) is 33.4 Å². The summed E-state index contributed by atoms with van der Waals surface area (Å²) in [4.78, 5) is 32.3. The minimum Gasteiger partial charge on any atom is -0.465 e. The second kappa shape index (κ2) is 6.23. The van der Waals surface area contributed by atoms with E-state index in [1.165, 1.54) is 25.6 Å². The van der Waals surface area contributed by atoms with E-state index in [-0.39, 0.29) is 16.9 Å². The van der Waals surface area contributed by atoms with Crippen LogP contribution in [0.4, 0.5) is 0 Å². The van der Waals surface area contributed by atoms with Gasteiger partial charge in [0.25, 0.3) is 0 Å². The maximum absolute atomic E-state index is 12.6. The molecule has 23 heavy (non-hydrogen) atoms. The Labute approximate surface area is 132 Å². The molecule has 0 unspecified atom stereocenters. The van der Waals surface area contributed by atoms with E-state index >= 15 is 0 Å². The average Bonchev–Trinajstić information content (AvgIpc) is 3.15. The molecule has 0 amide bonds. The van der Waals surface area contributed by atoms with Gasteiger partial charge >= 0.3 is 5.97 Å². The Hall–Kier alpha value is -3.28. The van der Waals surface area contributed by atoms with Gasteiger partial charge in [0.05, 0.1) is 24.6 Å². The molecule has 3 aromatic rings. The van der Waals surface area contributed by atoms with Crippen molar-refractivity contribution in [3.8, 4) is 5.69 Å². The van der Waals surface area contributed by atoms with Crippen molar-refractivity contribution in [1.29, 1.82) is 0 Å². The normalized spacial score (nSPS) is 10.3. The maximum atomic E-state index is 12.6. The molecule has 0 aliphatic heterocycles. The van der Waals surface area contributed by atoms with E-state index in [1.807, 2.05) is 22.9 Å². The summed E-state index contributed by atoms with van der Waals surface area (Å²) < 4.78 is 6.53. The van der Waals surface area contributed by atoms with Gasteiger partial charge in [0, 0.05) is 36.0 Å². The third-order valence-corrected chi connectivity index (χ3v) is 3.40. The van der Waals surface area contributed by atoms with Crippen molar-refractivity contribution in [3.05, 3.63) is 78.1 Å². The van der Waals surface area contributed by atoms with Crippen molar-refractivity contribution in [1.82, 2.24) is 14.5 Å². The topological polar surface area (TPSA) is 74.1 Å². The minimum absolute atomic E-state index is 0.200. The number of esters is 1. The van der Waals surface area contributed by atoms with Crippen LogP contribution >= 0.6 is 0 Å². The Kier molecular flexibility index (Phi) is 3.97. The first-order valence-corrected chi connectivity index (χ1v) is 6.86. The van der Waals surface area contributed by atoms with Gasteiger partial charge in [0.1, 0.15) is 0 Å². The van der Waals surface area contributed by atoms with Crippen LogP contribution in [0, 0.1) is 0 Å². The Morgan fingerprint density at radius 3 is 2.43 bits per heavy atom. The van der Waals surface area contributed by atoms with Crippen LogP contribution in [0.15, 0.2) is 61.4 Å². The molecule has 2 heterocycles. The Morgan fingerprint density at radius 2 is 1.78 bits per heavy atom. The van der Waals surface area contributed by atoms with Crippen LogP contribution in [0.2, 0.25) is 0 Å². The second-order valence-corrected chi connectivity index (χ2v) is 4.76. The largest absolute Gasteiger partial charge is 0.465 e. The maximum Gasteiger partial charge on any atom is 0.338 e. The molecular weight excluding hydrogens is 294 g/mol. The number of aromatic nitrogens is 3. The van der Waals surface area contributed by atoms with Crippen LogP contribution in [0.3, 0.4) is 0 Å². The molecule has 0 fully saturated rings. The molecule has 1 aromatic carbocycles. The number of carbonyl (C=O) groups is 2. The van der Waals surface area contributed by atoms with E-state index in [1.54, 1.807) is 24.7 Å². The minimum atomic E-state index is -0.564. The van der Waals surface area contributed by atoms with Crippen molar-refractivity contribution in [3.63, 3.8) is 0 Å². The van der Waals surface area contributed by atoms with E-state index in [0.717, 1.165) is 5.69 Å². The number of pyridine rings is 1. The fraction of sp³-hybridized carbons (Fsp3) is 0.0588. The van der Waals surface area contributed by atoms with Crippen LogP contribution < -0.4 is 0 Å². The average molecular weight is 307 g/mol. The molecular formula is C17H13N3O3. The fourth-order valence-electron chi connectivity index (χ4n) is 2.22. The number of methoxy groups -OCH3 is 1. The highest BCUT2D eigenvalue weighted by atomic mass is 16.5. The van der Waals surface area contributed by atoms with Gasteiger partial charge in [0.15, 0.2) is 5.78 Å². The molecule has 0 saturated heterocycles. The summed E-state index contributed by atoms with van der Waals surface area (Å²) >= 11 is 0. The molecule has 0 atom stereocenters. The van der Waals surface area contributed by atoms with Crippen LogP contribution in [0.1, 0.15) is 26.3 Å². The Morgan fingerprint density at radius 1 is 1.00 bits per heavy atom. The molecule has 0 N–H and O–H groups in total. The van der Waals surface area contributed by atoms with Crippen LogP contribution in [-0.2, 0) is 4.74 Å². The number of carbonyl (C=O) groups excluding carboxylic acids is 2. The van der Waals surface area contributed by atoms with Crippen molar-refractivity contribution >= 4 is 11.8 Å². The molecule has 0 saturated carbocycles. The predicted molar refractivity (Wildman–Crippen MR) is 82.6 cm³/mol.